The average molecular weight is 289 g/mol. The second kappa shape index (κ2) is 5.00. The molecule has 2 rings (SSSR count). The van der Waals surface area contributed by atoms with Crippen LogP contribution in [0.15, 0.2) is 24.4 Å². The fourth-order valence-corrected chi connectivity index (χ4v) is 1.56. The third-order valence-corrected chi connectivity index (χ3v) is 2.51. The number of primary amides is 1. The Bertz CT molecular complexity index is 639. The zero-order valence-electron chi connectivity index (χ0n) is 9.96. The van der Waals surface area contributed by atoms with E-state index < -0.39 is 24.8 Å². The Hall–Kier alpha value is -2.29. The zero-order chi connectivity index (χ0) is 14.9. The van der Waals surface area contributed by atoms with Crippen molar-refractivity contribution in [2.24, 2.45) is 5.73 Å². The summed E-state index contributed by atoms with van der Waals surface area (Å²) in [4.78, 5) is 11.3. The Morgan fingerprint density at radius 2 is 2.20 bits per heavy atom. The van der Waals surface area contributed by atoms with Crippen molar-refractivity contribution >= 4 is 11.4 Å². The third-order valence-electron chi connectivity index (χ3n) is 2.51. The van der Waals surface area contributed by atoms with Crippen LogP contribution in [-0.4, -0.2) is 39.5 Å². The van der Waals surface area contributed by atoms with Gasteiger partial charge in [-0.2, -0.15) is 13.2 Å². The summed E-state index contributed by atoms with van der Waals surface area (Å²) in [5.74, 6) is -1.24. The molecule has 108 valence electrons. The number of ether oxygens (including phenoxy) is 1. The number of aliphatic hydroxyl groups is 1. The number of halogens is 3. The van der Waals surface area contributed by atoms with Gasteiger partial charge in [-0.05, 0) is 12.1 Å². The van der Waals surface area contributed by atoms with Crippen LogP contribution >= 0.6 is 0 Å². The van der Waals surface area contributed by atoms with Gasteiger partial charge in [-0.1, -0.05) is 6.07 Å². The van der Waals surface area contributed by atoms with Gasteiger partial charge < -0.3 is 15.6 Å². The Morgan fingerprint density at radius 3 is 2.80 bits per heavy atom. The number of alkyl halides is 3. The maximum Gasteiger partial charge on any atom is 0.417 e. The van der Waals surface area contributed by atoms with Gasteiger partial charge in [0.1, 0.15) is 12.2 Å². The number of hydrogen-bond donors (Lipinski definition) is 2. The number of fused-ring (bicyclic) bond motifs is 1. The molecule has 1 unspecified atom stereocenters. The summed E-state index contributed by atoms with van der Waals surface area (Å²) in [6, 6.07) is 4.73. The smallest absolute Gasteiger partial charge is 0.417 e. The second-order valence-corrected chi connectivity index (χ2v) is 3.94. The number of aromatic nitrogens is 2. The number of carbonyl (C=O) groups is 1. The van der Waals surface area contributed by atoms with Gasteiger partial charge in [0.2, 0.25) is 5.88 Å². The van der Waals surface area contributed by atoms with E-state index in [-0.39, 0.29) is 11.4 Å². The Kier molecular flexibility index (Phi) is 3.53. The predicted molar refractivity (Wildman–Crippen MR) is 61.3 cm³/mol. The van der Waals surface area contributed by atoms with Crippen LogP contribution in [-0.2, 0) is 0 Å². The van der Waals surface area contributed by atoms with Crippen LogP contribution < -0.4 is 10.5 Å². The third kappa shape index (κ3) is 2.67. The van der Waals surface area contributed by atoms with Crippen molar-refractivity contribution < 1.29 is 27.8 Å². The molecular weight excluding hydrogens is 279 g/mol. The number of amides is 1. The maximum absolute atomic E-state index is 12.2. The van der Waals surface area contributed by atoms with E-state index in [0.29, 0.717) is 5.52 Å². The molecule has 6 nitrogen and oxygen atoms in total. The first-order valence-corrected chi connectivity index (χ1v) is 5.45. The number of pyridine rings is 1. The highest BCUT2D eigenvalue weighted by molar-refractivity contribution is 6.02. The summed E-state index contributed by atoms with van der Waals surface area (Å²) in [7, 11) is 0. The molecule has 0 aliphatic rings. The highest BCUT2D eigenvalue weighted by atomic mass is 19.4. The summed E-state index contributed by atoms with van der Waals surface area (Å²) < 4.78 is 42.5. The molecule has 0 bridgehead atoms. The van der Waals surface area contributed by atoms with E-state index >= 15 is 0 Å². The standard InChI is InChI=1S/C11H10F3N3O3/c12-11(13,14)7(18)5-20-10-8(9(15)19)6-3-1-2-4-17(6)16-10/h1-4,7,18H,5H2,(H2,15,19). The fourth-order valence-electron chi connectivity index (χ4n) is 1.56. The molecule has 20 heavy (non-hydrogen) atoms. The van der Waals surface area contributed by atoms with Crippen molar-refractivity contribution in [3.05, 3.63) is 30.0 Å². The zero-order valence-corrected chi connectivity index (χ0v) is 9.96. The monoisotopic (exact) mass is 289 g/mol. The van der Waals surface area contributed by atoms with Gasteiger partial charge in [-0.15, -0.1) is 5.10 Å². The first-order valence-electron chi connectivity index (χ1n) is 5.45. The van der Waals surface area contributed by atoms with Crippen LogP contribution in [0.3, 0.4) is 0 Å². The van der Waals surface area contributed by atoms with Crippen molar-refractivity contribution in [1.82, 2.24) is 9.61 Å². The van der Waals surface area contributed by atoms with E-state index in [4.69, 9.17) is 15.6 Å². The van der Waals surface area contributed by atoms with Gasteiger partial charge in [0.05, 0.1) is 5.52 Å². The van der Waals surface area contributed by atoms with Crippen LogP contribution in [0.1, 0.15) is 10.4 Å². The van der Waals surface area contributed by atoms with Crippen LogP contribution in [0, 0.1) is 0 Å². The molecule has 0 aliphatic heterocycles. The minimum Gasteiger partial charge on any atom is -0.473 e. The van der Waals surface area contributed by atoms with Gasteiger partial charge in [0.15, 0.2) is 6.10 Å². The SMILES string of the molecule is NC(=O)c1c(OCC(O)C(F)(F)F)nn2ccccc12. The molecule has 0 spiro atoms. The van der Waals surface area contributed by atoms with Gasteiger partial charge in [0.25, 0.3) is 5.91 Å². The van der Waals surface area contributed by atoms with E-state index in [1.807, 2.05) is 0 Å². The molecule has 0 saturated carbocycles. The summed E-state index contributed by atoms with van der Waals surface area (Å²) in [6.07, 6.45) is -6.01. The van der Waals surface area contributed by atoms with Crippen LogP contribution in [0.4, 0.5) is 13.2 Å². The summed E-state index contributed by atoms with van der Waals surface area (Å²) in [6.45, 7) is -1.08. The molecule has 0 fully saturated rings. The highest BCUT2D eigenvalue weighted by Crippen LogP contribution is 2.24. The molecule has 1 atom stereocenters. The predicted octanol–water partition coefficient (Wildman–Crippen LogP) is 0.735. The summed E-state index contributed by atoms with van der Waals surface area (Å²) in [5.41, 5.74) is 5.32. The molecule has 1 amide bonds. The maximum atomic E-state index is 12.2. The molecule has 9 heteroatoms. The topological polar surface area (TPSA) is 89.9 Å². The molecule has 0 saturated heterocycles. The Labute approximate surface area is 110 Å². The quantitative estimate of drug-likeness (QED) is 0.868. The van der Waals surface area contributed by atoms with Crippen LogP contribution in [0.2, 0.25) is 0 Å². The largest absolute Gasteiger partial charge is 0.473 e. The molecule has 2 aromatic rings. The van der Waals surface area contributed by atoms with Crippen molar-refractivity contribution in [2.45, 2.75) is 12.3 Å². The fraction of sp³-hybridized carbons (Fsp3) is 0.273. The van der Waals surface area contributed by atoms with E-state index in [2.05, 4.69) is 5.10 Å². The molecule has 3 N–H and O–H groups in total. The Morgan fingerprint density at radius 1 is 1.50 bits per heavy atom. The lowest BCUT2D eigenvalue weighted by Gasteiger charge is -2.14. The Balaban J connectivity index is 2.30. The van der Waals surface area contributed by atoms with E-state index in [0.717, 1.165) is 0 Å². The lowest BCUT2D eigenvalue weighted by Crippen LogP contribution is -2.34. The normalized spacial score (nSPS) is 13.4. The van der Waals surface area contributed by atoms with Gasteiger partial charge in [-0.3, -0.25) is 4.79 Å². The van der Waals surface area contributed by atoms with Crippen molar-refractivity contribution in [3.8, 4) is 5.88 Å². The first-order chi connectivity index (χ1) is 9.30. The minimum absolute atomic E-state index is 0.139. The number of aliphatic hydroxyl groups excluding tert-OH is 1. The van der Waals surface area contributed by atoms with E-state index in [9.17, 15) is 18.0 Å². The molecular formula is C11H10F3N3O3. The molecule has 2 heterocycles. The lowest BCUT2D eigenvalue weighted by molar-refractivity contribution is -0.210. The van der Waals surface area contributed by atoms with Crippen LogP contribution in [0.5, 0.6) is 5.88 Å². The van der Waals surface area contributed by atoms with Crippen molar-refractivity contribution in [1.29, 1.82) is 0 Å². The first kappa shape index (κ1) is 14.1. The van der Waals surface area contributed by atoms with Crippen molar-refractivity contribution in [3.63, 3.8) is 0 Å². The number of rotatable bonds is 4. The van der Waals surface area contributed by atoms with E-state index in [1.165, 1.54) is 16.8 Å². The second-order valence-electron chi connectivity index (χ2n) is 3.94. The van der Waals surface area contributed by atoms with Gasteiger partial charge >= 0.3 is 6.18 Å². The average Bonchev–Trinajstić information content (AvgIpc) is 2.72. The van der Waals surface area contributed by atoms with Gasteiger partial charge in [0, 0.05) is 6.20 Å². The summed E-state index contributed by atoms with van der Waals surface area (Å²) in [5, 5.41) is 12.7. The number of hydrogen-bond acceptors (Lipinski definition) is 4. The number of carbonyl (C=O) groups excluding carboxylic acids is 1. The molecule has 2 aromatic heterocycles. The highest BCUT2D eigenvalue weighted by Gasteiger charge is 2.39. The number of nitrogens with two attached hydrogens (primary N) is 1. The summed E-state index contributed by atoms with van der Waals surface area (Å²) >= 11 is 0. The molecule has 0 aliphatic carbocycles. The lowest BCUT2D eigenvalue weighted by atomic mass is 10.2. The number of nitrogens with zero attached hydrogens (tertiary/aromatic N) is 2. The minimum atomic E-state index is -4.81. The molecule has 0 aromatic carbocycles. The van der Waals surface area contributed by atoms with Crippen LogP contribution in [0.25, 0.3) is 5.52 Å². The van der Waals surface area contributed by atoms with Crippen molar-refractivity contribution in [2.75, 3.05) is 6.61 Å². The molecule has 0 radical (unpaired) electrons. The van der Waals surface area contributed by atoms with E-state index in [1.54, 1.807) is 12.1 Å². The van der Waals surface area contributed by atoms with Gasteiger partial charge in [-0.25, -0.2) is 4.52 Å².